The van der Waals surface area contributed by atoms with E-state index in [1.165, 1.54) is 5.57 Å². The van der Waals surface area contributed by atoms with Crippen LogP contribution in [0.15, 0.2) is 40.2 Å². The number of esters is 1. The minimum atomic E-state index is -1.18. The predicted molar refractivity (Wildman–Crippen MR) is 225 cm³/mol. The van der Waals surface area contributed by atoms with Crippen molar-refractivity contribution < 1.29 is 29.0 Å². The number of carbonyl (C=O) groups is 3. The molecule has 8 atom stereocenters. The number of methoxy groups -OCH3 is 1. The zero-order chi connectivity index (χ0) is 42.5. The molecule has 1 aromatic heterocycles. The summed E-state index contributed by atoms with van der Waals surface area (Å²) in [4.78, 5) is 54.1. The third-order valence-electron chi connectivity index (χ3n) is 17.3. The molecule has 7 rings (SSSR count). The van der Waals surface area contributed by atoms with E-state index in [0.29, 0.717) is 42.7 Å². The molecule has 0 saturated heterocycles. The normalized spacial score (nSPS) is 34.3. The number of carboxylic acid groups (broad SMARTS) is 1. The average molecular weight is 800 g/mol. The van der Waals surface area contributed by atoms with E-state index in [-0.39, 0.29) is 57.4 Å². The first-order valence-corrected chi connectivity index (χ1v) is 21.9. The van der Waals surface area contributed by atoms with Crippen LogP contribution in [0.1, 0.15) is 138 Å². The average Bonchev–Trinajstić information content (AvgIpc) is 3.58. The Morgan fingerprint density at radius 2 is 1.60 bits per heavy atom. The first-order chi connectivity index (χ1) is 27.1. The zero-order valence-electron chi connectivity index (χ0n) is 37.0. The van der Waals surface area contributed by atoms with E-state index in [2.05, 4.69) is 53.1 Å². The summed E-state index contributed by atoms with van der Waals surface area (Å²) in [6.45, 7) is 22.4. The van der Waals surface area contributed by atoms with Crippen molar-refractivity contribution in [2.24, 2.45) is 56.5 Å². The van der Waals surface area contributed by atoms with Crippen LogP contribution in [-0.4, -0.2) is 52.0 Å². The monoisotopic (exact) mass is 800 g/mol. The molecule has 1 heterocycles. The molecule has 5 aliphatic carbocycles. The van der Waals surface area contributed by atoms with Crippen LogP contribution >= 0.6 is 0 Å². The maximum absolute atomic E-state index is 14.6. The number of aromatic nitrogens is 2. The van der Waals surface area contributed by atoms with E-state index >= 15 is 0 Å². The lowest BCUT2D eigenvalue weighted by molar-refractivity contribution is -0.232. The number of Topliss-reactive ketones (excluding diaryl/α,β-unsaturated/α-hetero) is 1. The number of rotatable bonds is 10. The second kappa shape index (κ2) is 14.2. The number of allylic oxidation sites excluding steroid dienone is 2. The smallest absolute Gasteiger partial charge is 0.309 e. The topological polar surface area (TPSA) is 143 Å². The summed E-state index contributed by atoms with van der Waals surface area (Å²) in [6.07, 6.45) is 7.56. The molecule has 58 heavy (non-hydrogen) atoms. The second-order valence-corrected chi connectivity index (χ2v) is 21.2. The summed E-state index contributed by atoms with van der Waals surface area (Å²) in [5, 5.41) is 9.67. The standard InChI is InChI=1S/C48H69N3O7/c1-28(2)38-33(52)26-48(40-29(3)41(54)51(50(40)25-24-49)30-12-14-31(57-11)15-13-30)23-22-46(9)32(39(38)48)16-17-35-45(8)20-19-36(58-37(53)27-43(4,5)42(55)56)44(6,7)34(45)18-21-47(35,46)10/h12-15,28,32,34-36H,16-27,49H2,1-11H3,(H,55,56)/t32-,34+,35-,36+,45+,46-,47-,48-/m1/s1. The van der Waals surface area contributed by atoms with E-state index in [4.69, 9.17) is 15.2 Å². The Kier molecular flexibility index (Phi) is 10.4. The largest absolute Gasteiger partial charge is 0.497 e. The van der Waals surface area contributed by atoms with E-state index in [1.807, 2.05) is 31.2 Å². The van der Waals surface area contributed by atoms with Crippen LogP contribution in [0, 0.1) is 57.7 Å². The number of nitrogens with zero attached hydrogens (tertiary/aromatic N) is 2. The number of fused-ring (bicyclic) bond motifs is 7. The van der Waals surface area contributed by atoms with Gasteiger partial charge in [0.25, 0.3) is 5.56 Å². The van der Waals surface area contributed by atoms with Gasteiger partial charge in [-0.2, -0.15) is 0 Å². The molecule has 0 bridgehead atoms. The summed E-state index contributed by atoms with van der Waals surface area (Å²) in [5.74, 6) is 0.548. The van der Waals surface area contributed by atoms with Crippen molar-refractivity contribution in [3.05, 3.63) is 57.0 Å². The summed E-state index contributed by atoms with van der Waals surface area (Å²) < 4.78 is 15.5. The van der Waals surface area contributed by atoms with E-state index in [9.17, 15) is 24.3 Å². The van der Waals surface area contributed by atoms with E-state index in [1.54, 1.807) is 25.6 Å². The highest BCUT2D eigenvalue weighted by molar-refractivity contribution is 6.02. The number of hydrogen-bond donors (Lipinski definition) is 2. The van der Waals surface area contributed by atoms with Crippen LogP contribution < -0.4 is 16.0 Å². The van der Waals surface area contributed by atoms with Crippen molar-refractivity contribution in [2.75, 3.05) is 13.7 Å². The number of ketones is 1. The Balaban J connectivity index is 1.28. The fourth-order valence-electron chi connectivity index (χ4n) is 14.3. The minimum absolute atomic E-state index is 0.000154. The summed E-state index contributed by atoms with van der Waals surface area (Å²) >= 11 is 0. The molecule has 10 nitrogen and oxygen atoms in total. The zero-order valence-corrected chi connectivity index (χ0v) is 37.0. The predicted octanol–water partition coefficient (Wildman–Crippen LogP) is 8.56. The molecule has 0 radical (unpaired) electrons. The quantitative estimate of drug-likeness (QED) is 0.228. The maximum atomic E-state index is 14.6. The van der Waals surface area contributed by atoms with Crippen molar-refractivity contribution >= 4 is 17.7 Å². The highest BCUT2D eigenvalue weighted by atomic mass is 16.5. The van der Waals surface area contributed by atoms with Crippen LogP contribution in [0.3, 0.4) is 0 Å². The van der Waals surface area contributed by atoms with Gasteiger partial charge in [0.2, 0.25) is 0 Å². The van der Waals surface area contributed by atoms with E-state index < -0.39 is 22.8 Å². The van der Waals surface area contributed by atoms with Crippen LogP contribution in [0.2, 0.25) is 0 Å². The molecule has 4 fully saturated rings. The third-order valence-corrected chi connectivity index (χ3v) is 17.3. The molecule has 5 aliphatic rings. The van der Waals surface area contributed by atoms with Gasteiger partial charge in [0.05, 0.1) is 36.9 Å². The van der Waals surface area contributed by atoms with Gasteiger partial charge in [-0.25, -0.2) is 4.68 Å². The molecule has 4 saturated carbocycles. The van der Waals surface area contributed by atoms with Crippen molar-refractivity contribution in [1.82, 2.24) is 9.36 Å². The molecule has 0 unspecified atom stereocenters. The number of ether oxygens (including phenoxy) is 2. The minimum Gasteiger partial charge on any atom is -0.497 e. The van der Waals surface area contributed by atoms with Crippen LogP contribution in [0.25, 0.3) is 5.69 Å². The molecule has 2 aromatic rings. The second-order valence-electron chi connectivity index (χ2n) is 21.2. The highest BCUT2D eigenvalue weighted by Crippen LogP contribution is 2.77. The number of carboxylic acids is 1. The Morgan fingerprint density at radius 1 is 0.931 bits per heavy atom. The number of nitrogens with two attached hydrogens (primary N) is 1. The molecular formula is C48H69N3O7. The fraction of sp³-hybridized carbons (Fsp3) is 0.708. The van der Waals surface area contributed by atoms with Gasteiger partial charge < -0.3 is 20.3 Å². The maximum Gasteiger partial charge on any atom is 0.309 e. The Hall–Kier alpha value is -3.66. The lowest BCUT2D eigenvalue weighted by Gasteiger charge is -2.72. The van der Waals surface area contributed by atoms with Gasteiger partial charge in [0.1, 0.15) is 11.9 Å². The molecule has 3 N–H and O–H groups in total. The van der Waals surface area contributed by atoms with Gasteiger partial charge >= 0.3 is 11.9 Å². The lowest BCUT2D eigenvalue weighted by Crippen LogP contribution is -2.66. The summed E-state index contributed by atoms with van der Waals surface area (Å²) in [5.41, 5.74) is 8.87. The van der Waals surface area contributed by atoms with Gasteiger partial charge in [-0.15, -0.1) is 0 Å². The van der Waals surface area contributed by atoms with E-state index in [0.717, 1.165) is 68.3 Å². The Labute approximate surface area is 345 Å². The first kappa shape index (κ1) is 42.5. The first-order valence-electron chi connectivity index (χ1n) is 21.9. The summed E-state index contributed by atoms with van der Waals surface area (Å²) in [6, 6.07) is 7.58. The van der Waals surface area contributed by atoms with Crippen LogP contribution in [0.5, 0.6) is 5.75 Å². The van der Waals surface area contributed by atoms with Gasteiger partial charge in [0.15, 0.2) is 5.78 Å². The number of hydrogen-bond acceptors (Lipinski definition) is 7. The van der Waals surface area contributed by atoms with Gasteiger partial charge in [0, 0.05) is 29.4 Å². The lowest BCUT2D eigenvalue weighted by atomic mass is 9.33. The van der Waals surface area contributed by atoms with Crippen LogP contribution in [-0.2, 0) is 31.1 Å². The van der Waals surface area contributed by atoms with Gasteiger partial charge in [-0.3, -0.25) is 23.9 Å². The van der Waals surface area contributed by atoms with Crippen molar-refractivity contribution in [3.63, 3.8) is 0 Å². The van der Waals surface area contributed by atoms with Gasteiger partial charge in [-0.05, 0) is 147 Å². The number of aliphatic carboxylic acids is 1. The number of carbonyl (C=O) groups excluding carboxylic acids is 2. The van der Waals surface area contributed by atoms with Crippen LogP contribution in [0.4, 0.5) is 0 Å². The molecule has 10 heteroatoms. The molecule has 0 aliphatic heterocycles. The Morgan fingerprint density at radius 3 is 2.21 bits per heavy atom. The van der Waals surface area contributed by atoms with Gasteiger partial charge in [-0.1, -0.05) is 48.5 Å². The molecule has 0 amide bonds. The molecular weight excluding hydrogens is 731 g/mol. The summed E-state index contributed by atoms with van der Waals surface area (Å²) in [7, 11) is 1.63. The fourth-order valence-corrected chi connectivity index (χ4v) is 14.3. The van der Waals surface area contributed by atoms with Crippen molar-refractivity contribution in [3.8, 4) is 11.4 Å². The van der Waals surface area contributed by atoms with Crippen molar-refractivity contribution in [1.29, 1.82) is 0 Å². The number of benzene rings is 1. The molecule has 318 valence electrons. The van der Waals surface area contributed by atoms with Crippen molar-refractivity contribution in [2.45, 2.75) is 152 Å². The SMILES string of the molecule is COc1ccc(-n2c(=O)c(C)c([C@@]34CC[C@]5(C)[C@H](CC[C@@H]6[C@@]7(C)CC[C@H](OC(=O)CC(C)(C)C(=O)O)C(C)(C)[C@@H]7CC[C@]65C)C3=C(C(C)C)C(=O)C4)n2CCN)cc1. The Bertz CT molecular complexity index is 2090. The third kappa shape index (κ3) is 5.94. The molecule has 1 aromatic carbocycles. The molecule has 0 spiro atoms. The highest BCUT2D eigenvalue weighted by Gasteiger charge is 2.71.